The highest BCUT2D eigenvalue weighted by Gasteiger charge is 2.01. The van der Waals surface area contributed by atoms with E-state index >= 15 is 0 Å². The van der Waals surface area contributed by atoms with Crippen molar-refractivity contribution in [1.29, 1.82) is 0 Å². The number of ether oxygens (including phenoxy) is 1. The van der Waals surface area contributed by atoms with Crippen LogP contribution in [-0.2, 0) is 13.0 Å². The molecule has 1 atom stereocenters. The Morgan fingerprint density at radius 3 is 2.63 bits per heavy atom. The molecule has 0 radical (unpaired) electrons. The van der Waals surface area contributed by atoms with E-state index in [0.717, 1.165) is 29.3 Å². The zero-order valence-electron chi connectivity index (χ0n) is 11.4. The van der Waals surface area contributed by atoms with E-state index in [4.69, 9.17) is 10.5 Å². The van der Waals surface area contributed by atoms with E-state index in [1.165, 1.54) is 5.56 Å². The fourth-order valence-corrected chi connectivity index (χ4v) is 2.44. The summed E-state index contributed by atoms with van der Waals surface area (Å²) in [6, 6.07) is 8.48. The minimum atomic E-state index is 0.254. The van der Waals surface area contributed by atoms with Crippen LogP contribution in [0.25, 0.3) is 0 Å². The molecule has 19 heavy (non-hydrogen) atoms. The first-order chi connectivity index (χ1) is 9.13. The summed E-state index contributed by atoms with van der Waals surface area (Å²) >= 11 is 1.63. The van der Waals surface area contributed by atoms with E-state index in [1.807, 2.05) is 31.4 Å². The van der Waals surface area contributed by atoms with Crippen LogP contribution in [0.15, 0.2) is 29.6 Å². The quantitative estimate of drug-likeness (QED) is 0.880. The van der Waals surface area contributed by atoms with E-state index < -0.39 is 0 Å². The summed E-state index contributed by atoms with van der Waals surface area (Å²) in [5.74, 6) is 0.886. The van der Waals surface area contributed by atoms with E-state index in [0.29, 0.717) is 6.61 Å². The molecule has 1 unspecified atom stereocenters. The van der Waals surface area contributed by atoms with E-state index in [1.54, 1.807) is 11.3 Å². The second-order valence-corrected chi connectivity index (χ2v) is 5.77. The fraction of sp³-hybridized carbons (Fsp3) is 0.400. The van der Waals surface area contributed by atoms with Gasteiger partial charge in [0.15, 0.2) is 0 Å². The topological polar surface area (TPSA) is 48.1 Å². The smallest absolute Gasteiger partial charge is 0.140 e. The van der Waals surface area contributed by atoms with Crippen LogP contribution in [0.3, 0.4) is 0 Å². The van der Waals surface area contributed by atoms with Crippen LogP contribution >= 0.6 is 11.3 Å². The highest BCUT2D eigenvalue weighted by atomic mass is 32.1. The summed E-state index contributed by atoms with van der Waals surface area (Å²) < 4.78 is 5.71. The first-order valence-electron chi connectivity index (χ1n) is 6.52. The average molecular weight is 276 g/mol. The second kappa shape index (κ2) is 6.68. The molecule has 2 rings (SSSR count). The maximum Gasteiger partial charge on any atom is 0.140 e. The maximum atomic E-state index is 5.75. The molecule has 0 aliphatic rings. The number of thiazole rings is 1. The van der Waals surface area contributed by atoms with Crippen molar-refractivity contribution in [2.75, 3.05) is 0 Å². The molecule has 3 nitrogen and oxygen atoms in total. The molecule has 1 aromatic carbocycles. The fourth-order valence-electron chi connectivity index (χ4n) is 1.76. The zero-order chi connectivity index (χ0) is 13.7. The van der Waals surface area contributed by atoms with Crippen LogP contribution < -0.4 is 10.5 Å². The predicted molar refractivity (Wildman–Crippen MR) is 79.6 cm³/mol. The van der Waals surface area contributed by atoms with E-state index in [2.05, 4.69) is 17.1 Å². The van der Waals surface area contributed by atoms with Gasteiger partial charge in [-0.3, -0.25) is 0 Å². The van der Waals surface area contributed by atoms with Crippen molar-refractivity contribution in [1.82, 2.24) is 4.98 Å². The lowest BCUT2D eigenvalue weighted by Crippen LogP contribution is -2.15. The summed E-state index contributed by atoms with van der Waals surface area (Å²) in [4.78, 5) is 4.37. The van der Waals surface area contributed by atoms with Gasteiger partial charge in [0.05, 0.1) is 0 Å². The van der Waals surface area contributed by atoms with Crippen LogP contribution in [0.1, 0.15) is 29.6 Å². The van der Waals surface area contributed by atoms with Gasteiger partial charge >= 0.3 is 0 Å². The molecule has 2 N–H and O–H groups in total. The number of aromatic nitrogens is 1. The van der Waals surface area contributed by atoms with Crippen molar-refractivity contribution in [2.24, 2.45) is 5.73 Å². The summed E-state index contributed by atoms with van der Waals surface area (Å²) in [5, 5.41) is 3.05. The van der Waals surface area contributed by atoms with Gasteiger partial charge < -0.3 is 10.5 Å². The van der Waals surface area contributed by atoms with Gasteiger partial charge in [-0.25, -0.2) is 4.98 Å². The van der Waals surface area contributed by atoms with Gasteiger partial charge in [0.1, 0.15) is 17.4 Å². The molecule has 0 aliphatic carbocycles. The Labute approximate surface area is 118 Å². The number of hydrogen-bond donors (Lipinski definition) is 1. The Balaban J connectivity index is 1.84. The first-order valence-corrected chi connectivity index (χ1v) is 7.40. The second-order valence-electron chi connectivity index (χ2n) is 4.83. The molecular weight excluding hydrogens is 256 g/mol. The van der Waals surface area contributed by atoms with Gasteiger partial charge in [-0.15, -0.1) is 11.3 Å². The zero-order valence-corrected chi connectivity index (χ0v) is 12.2. The lowest BCUT2D eigenvalue weighted by atomic mass is 10.1. The van der Waals surface area contributed by atoms with Gasteiger partial charge in [-0.1, -0.05) is 12.1 Å². The van der Waals surface area contributed by atoms with Crippen molar-refractivity contribution < 1.29 is 4.74 Å². The van der Waals surface area contributed by atoms with Crippen LogP contribution in [-0.4, -0.2) is 11.0 Å². The third-order valence-electron chi connectivity index (χ3n) is 2.84. The van der Waals surface area contributed by atoms with Crippen molar-refractivity contribution >= 4 is 11.3 Å². The van der Waals surface area contributed by atoms with Gasteiger partial charge in [-0.05, 0) is 44.4 Å². The highest BCUT2D eigenvalue weighted by Crippen LogP contribution is 2.17. The first kappa shape index (κ1) is 14.0. The molecule has 0 amide bonds. The SMILES string of the molecule is Cc1csc(COc2ccc(CCC(C)N)cc2)n1. The molecule has 0 aliphatic heterocycles. The Kier molecular flexibility index (Phi) is 4.93. The molecule has 0 bridgehead atoms. The molecule has 0 saturated heterocycles. The number of aryl methyl sites for hydroxylation is 2. The normalized spacial score (nSPS) is 12.4. The molecule has 0 saturated carbocycles. The van der Waals surface area contributed by atoms with Crippen molar-refractivity contribution in [3.63, 3.8) is 0 Å². The number of rotatable bonds is 6. The summed E-state index contributed by atoms with van der Waals surface area (Å²) in [7, 11) is 0. The molecular formula is C15H20N2OS. The number of nitrogens with two attached hydrogens (primary N) is 1. The minimum Gasteiger partial charge on any atom is -0.486 e. The Morgan fingerprint density at radius 1 is 1.32 bits per heavy atom. The lowest BCUT2D eigenvalue weighted by Gasteiger charge is -2.07. The Bertz CT molecular complexity index is 505. The van der Waals surface area contributed by atoms with Crippen LogP contribution in [0, 0.1) is 6.92 Å². The summed E-state index contributed by atoms with van der Waals surface area (Å²) in [6.45, 7) is 4.57. The lowest BCUT2D eigenvalue weighted by molar-refractivity contribution is 0.305. The summed E-state index contributed by atoms with van der Waals surface area (Å²) in [5.41, 5.74) is 8.11. The molecule has 0 spiro atoms. The number of hydrogen-bond acceptors (Lipinski definition) is 4. The molecule has 1 heterocycles. The average Bonchev–Trinajstić information content (AvgIpc) is 2.81. The van der Waals surface area contributed by atoms with E-state index in [-0.39, 0.29) is 6.04 Å². The van der Waals surface area contributed by atoms with E-state index in [9.17, 15) is 0 Å². The molecule has 102 valence electrons. The molecule has 2 aromatic rings. The van der Waals surface area contributed by atoms with Crippen molar-refractivity contribution in [3.05, 3.63) is 45.9 Å². The molecule has 4 heteroatoms. The van der Waals surface area contributed by atoms with Crippen LogP contribution in [0.2, 0.25) is 0 Å². The van der Waals surface area contributed by atoms with Crippen molar-refractivity contribution in [3.8, 4) is 5.75 Å². The van der Waals surface area contributed by atoms with Crippen LogP contribution in [0.5, 0.6) is 5.75 Å². The minimum absolute atomic E-state index is 0.254. The van der Waals surface area contributed by atoms with Gasteiger partial charge in [0, 0.05) is 17.1 Å². The van der Waals surface area contributed by atoms with Gasteiger partial charge in [0.25, 0.3) is 0 Å². The van der Waals surface area contributed by atoms with Crippen molar-refractivity contribution in [2.45, 2.75) is 39.3 Å². The number of nitrogens with zero attached hydrogens (tertiary/aromatic N) is 1. The predicted octanol–water partition coefficient (Wildman–Crippen LogP) is 3.31. The maximum absolute atomic E-state index is 5.75. The van der Waals surface area contributed by atoms with Gasteiger partial charge in [-0.2, -0.15) is 0 Å². The van der Waals surface area contributed by atoms with Gasteiger partial charge in [0.2, 0.25) is 0 Å². The highest BCUT2D eigenvalue weighted by molar-refractivity contribution is 7.09. The molecule has 1 aromatic heterocycles. The third-order valence-corrected chi connectivity index (χ3v) is 3.78. The largest absolute Gasteiger partial charge is 0.486 e. The summed E-state index contributed by atoms with van der Waals surface area (Å²) in [6.07, 6.45) is 2.03. The number of benzene rings is 1. The molecule has 0 fully saturated rings. The Hall–Kier alpha value is -1.39. The van der Waals surface area contributed by atoms with Crippen LogP contribution in [0.4, 0.5) is 0 Å². The Morgan fingerprint density at radius 2 is 2.05 bits per heavy atom. The monoisotopic (exact) mass is 276 g/mol. The standard InChI is InChI=1S/C15H20N2OS/c1-11(16)3-4-13-5-7-14(8-6-13)18-9-15-17-12(2)10-19-15/h5-8,10-11H,3-4,9,16H2,1-2H3. The third kappa shape index (κ3) is 4.65.